The molecule has 0 atom stereocenters. The van der Waals surface area contributed by atoms with Gasteiger partial charge in [-0.15, -0.1) is 0 Å². The molecule has 0 aliphatic carbocycles. The minimum atomic E-state index is -3.63. The number of nitrogens with zero attached hydrogens (tertiary/aromatic N) is 3. The van der Waals surface area contributed by atoms with E-state index in [1.54, 1.807) is 23.1 Å². The molecule has 2 heterocycles. The zero-order valence-electron chi connectivity index (χ0n) is 18.3. The summed E-state index contributed by atoms with van der Waals surface area (Å²) >= 11 is 1.27. The first kappa shape index (κ1) is 23.9. The summed E-state index contributed by atoms with van der Waals surface area (Å²) in [7, 11) is -3.63. The largest absolute Gasteiger partial charge is 0.370 e. The van der Waals surface area contributed by atoms with Crippen LogP contribution in [0.3, 0.4) is 0 Å². The number of hydrogen-bond acceptors (Lipinski definition) is 6. The second kappa shape index (κ2) is 10.7. The second-order valence-corrected chi connectivity index (χ2v) is 10.7. The molecule has 1 aromatic carbocycles. The maximum Gasteiger partial charge on any atom is 0.281 e. The molecule has 3 rings (SSSR count). The molecule has 0 spiro atoms. The molecule has 31 heavy (non-hydrogen) atoms. The van der Waals surface area contributed by atoms with Gasteiger partial charge in [0.05, 0.1) is 16.3 Å². The molecular formula is C21H32N4O4S2. The van der Waals surface area contributed by atoms with Crippen molar-refractivity contribution in [1.82, 2.24) is 9.21 Å². The van der Waals surface area contributed by atoms with E-state index in [2.05, 4.69) is 10.2 Å². The van der Waals surface area contributed by atoms with Gasteiger partial charge in [-0.3, -0.25) is 9.59 Å². The molecule has 2 saturated heterocycles. The summed E-state index contributed by atoms with van der Waals surface area (Å²) in [6, 6.07) is 5.01. The van der Waals surface area contributed by atoms with Crippen LogP contribution in [0.15, 0.2) is 23.1 Å². The van der Waals surface area contributed by atoms with E-state index in [-0.39, 0.29) is 22.5 Å². The second-order valence-electron chi connectivity index (χ2n) is 7.72. The van der Waals surface area contributed by atoms with Crippen LogP contribution >= 0.6 is 11.8 Å². The Hall–Kier alpha value is -1.78. The maximum absolute atomic E-state index is 13.0. The lowest BCUT2D eigenvalue weighted by molar-refractivity contribution is -0.116. The molecule has 2 fully saturated rings. The van der Waals surface area contributed by atoms with E-state index in [1.165, 1.54) is 22.5 Å². The van der Waals surface area contributed by atoms with Crippen molar-refractivity contribution >= 4 is 44.3 Å². The number of anilines is 2. The fourth-order valence-corrected chi connectivity index (χ4v) is 6.31. The highest BCUT2D eigenvalue weighted by atomic mass is 32.2. The lowest BCUT2D eigenvalue weighted by Gasteiger charge is -2.31. The Balaban J connectivity index is 1.83. The van der Waals surface area contributed by atoms with Crippen LogP contribution in [0.2, 0.25) is 0 Å². The van der Waals surface area contributed by atoms with Crippen LogP contribution in [-0.2, 0) is 14.8 Å². The van der Waals surface area contributed by atoms with Gasteiger partial charge in [0.15, 0.2) is 0 Å². The Labute approximate surface area is 189 Å². The normalized spacial score (nSPS) is 17.5. The van der Waals surface area contributed by atoms with E-state index < -0.39 is 10.0 Å². The highest BCUT2D eigenvalue weighted by molar-refractivity contribution is 8.13. The van der Waals surface area contributed by atoms with Gasteiger partial charge in [-0.25, -0.2) is 8.42 Å². The van der Waals surface area contributed by atoms with Crippen LogP contribution in [0.4, 0.5) is 16.2 Å². The lowest BCUT2D eigenvalue weighted by Crippen LogP contribution is -2.32. The molecule has 2 aliphatic rings. The van der Waals surface area contributed by atoms with Crippen LogP contribution in [0.1, 0.15) is 39.5 Å². The Morgan fingerprint density at radius 3 is 2.45 bits per heavy atom. The quantitative estimate of drug-likeness (QED) is 0.599. The topological polar surface area (TPSA) is 90.0 Å². The molecule has 8 nitrogen and oxygen atoms in total. The van der Waals surface area contributed by atoms with Crippen LogP contribution < -0.4 is 10.2 Å². The highest BCUT2D eigenvalue weighted by Crippen LogP contribution is 2.32. The van der Waals surface area contributed by atoms with Gasteiger partial charge < -0.3 is 15.1 Å². The third kappa shape index (κ3) is 5.72. The molecule has 0 unspecified atom stereocenters. The number of amides is 2. The van der Waals surface area contributed by atoms with Gasteiger partial charge in [-0.05, 0) is 37.5 Å². The van der Waals surface area contributed by atoms with Crippen molar-refractivity contribution in [2.45, 2.75) is 44.4 Å². The van der Waals surface area contributed by atoms with Gasteiger partial charge in [-0.2, -0.15) is 4.31 Å². The zero-order chi connectivity index (χ0) is 22.4. The summed E-state index contributed by atoms with van der Waals surface area (Å²) in [5.74, 6) is 0.533. The average Bonchev–Trinajstić information content (AvgIpc) is 3.18. The summed E-state index contributed by atoms with van der Waals surface area (Å²) in [6.45, 7) is 7.18. The molecule has 0 bridgehead atoms. The summed E-state index contributed by atoms with van der Waals surface area (Å²) in [5, 5.41) is 2.93. The van der Waals surface area contributed by atoms with Crippen LogP contribution in [0.5, 0.6) is 0 Å². The summed E-state index contributed by atoms with van der Waals surface area (Å²) in [5.41, 5.74) is 1.36. The van der Waals surface area contributed by atoms with Crippen molar-refractivity contribution in [2.75, 3.05) is 55.2 Å². The van der Waals surface area contributed by atoms with Crippen LogP contribution in [0.25, 0.3) is 0 Å². The number of thioether (sulfide) groups is 1. The monoisotopic (exact) mass is 468 g/mol. The number of carbonyl (C=O) groups is 2. The molecule has 0 aromatic heterocycles. The molecule has 172 valence electrons. The predicted octanol–water partition coefficient (Wildman–Crippen LogP) is 3.20. The highest BCUT2D eigenvalue weighted by Gasteiger charge is 2.25. The molecular weight excluding hydrogens is 436 g/mol. The molecule has 2 amide bonds. The van der Waals surface area contributed by atoms with Crippen molar-refractivity contribution in [3.8, 4) is 0 Å². The smallest absolute Gasteiger partial charge is 0.281 e. The minimum absolute atomic E-state index is 0.00844. The van der Waals surface area contributed by atoms with Crippen LogP contribution in [0, 0.1) is 0 Å². The van der Waals surface area contributed by atoms with E-state index in [0.717, 1.165) is 37.4 Å². The fourth-order valence-electron chi connectivity index (χ4n) is 3.98. The van der Waals surface area contributed by atoms with Crippen molar-refractivity contribution in [3.63, 3.8) is 0 Å². The first-order valence-corrected chi connectivity index (χ1v) is 13.4. The number of rotatable bonds is 9. The van der Waals surface area contributed by atoms with Gasteiger partial charge in [0.2, 0.25) is 15.9 Å². The van der Waals surface area contributed by atoms with Crippen molar-refractivity contribution in [1.29, 1.82) is 0 Å². The average molecular weight is 469 g/mol. The lowest BCUT2D eigenvalue weighted by atomic mass is 10.1. The summed E-state index contributed by atoms with van der Waals surface area (Å²) in [4.78, 5) is 28.5. The van der Waals surface area contributed by atoms with Crippen LogP contribution in [-0.4, -0.2) is 73.8 Å². The van der Waals surface area contributed by atoms with E-state index in [9.17, 15) is 18.0 Å². The van der Waals surface area contributed by atoms with Gasteiger partial charge in [-0.1, -0.05) is 25.6 Å². The molecule has 1 N–H and O–H groups in total. The number of nitrogens with one attached hydrogen (secondary N) is 1. The SMILES string of the molecule is CCN(CC)S(=O)(=O)c1ccc(N2CCCCC2)c(NC(=O)CCN2CCSC2=O)c1. The van der Waals surface area contributed by atoms with E-state index in [1.807, 2.05) is 13.8 Å². The molecule has 2 aliphatic heterocycles. The number of hydrogen-bond donors (Lipinski definition) is 1. The third-order valence-corrected chi connectivity index (χ3v) is 8.67. The number of carbonyl (C=O) groups excluding carboxylic acids is 2. The number of benzene rings is 1. The standard InChI is InChI=1S/C21H32N4O4S2/c1-3-25(4-2)31(28,29)17-8-9-19(23-11-6-5-7-12-23)18(16-17)22-20(26)10-13-24-14-15-30-21(24)27/h8-9,16H,3-7,10-15H2,1-2H3,(H,22,26). The van der Waals surface area contributed by atoms with Crippen molar-refractivity contribution in [2.24, 2.45) is 0 Å². The van der Waals surface area contributed by atoms with E-state index in [4.69, 9.17) is 0 Å². The van der Waals surface area contributed by atoms with Gasteiger partial charge in [0.1, 0.15) is 0 Å². The molecule has 1 aromatic rings. The molecule has 0 radical (unpaired) electrons. The molecule has 10 heteroatoms. The third-order valence-electron chi connectivity index (χ3n) is 5.74. The molecule has 0 saturated carbocycles. The van der Waals surface area contributed by atoms with Crippen molar-refractivity contribution < 1.29 is 18.0 Å². The zero-order valence-corrected chi connectivity index (χ0v) is 19.9. The minimum Gasteiger partial charge on any atom is -0.370 e. The summed E-state index contributed by atoms with van der Waals surface area (Å²) < 4.78 is 27.4. The van der Waals surface area contributed by atoms with E-state index >= 15 is 0 Å². The Bertz CT molecular complexity index is 897. The van der Waals surface area contributed by atoms with Gasteiger partial charge >= 0.3 is 0 Å². The van der Waals surface area contributed by atoms with Crippen molar-refractivity contribution in [3.05, 3.63) is 18.2 Å². The first-order chi connectivity index (χ1) is 14.9. The number of sulfonamides is 1. The Morgan fingerprint density at radius 2 is 1.84 bits per heavy atom. The first-order valence-electron chi connectivity index (χ1n) is 11.0. The van der Waals surface area contributed by atoms with E-state index in [0.29, 0.717) is 31.9 Å². The fraction of sp³-hybridized carbons (Fsp3) is 0.619. The maximum atomic E-state index is 13.0. The predicted molar refractivity (Wildman–Crippen MR) is 125 cm³/mol. The van der Waals surface area contributed by atoms with Gasteiger partial charge in [0.25, 0.3) is 5.24 Å². The van der Waals surface area contributed by atoms with Gasteiger partial charge in [0, 0.05) is 51.4 Å². The number of piperidine rings is 1. The Kier molecular flexibility index (Phi) is 8.23. The summed E-state index contributed by atoms with van der Waals surface area (Å²) in [6.07, 6.45) is 3.50. The Morgan fingerprint density at radius 1 is 1.13 bits per heavy atom.